The number of fused-ring (bicyclic) bond motifs is 2. The summed E-state index contributed by atoms with van der Waals surface area (Å²) in [5.74, 6) is 0.661. The van der Waals surface area contributed by atoms with E-state index in [9.17, 15) is 10.00 Å². The van der Waals surface area contributed by atoms with Gasteiger partial charge in [-0.15, -0.1) is 0 Å². The van der Waals surface area contributed by atoms with Crippen LogP contribution in [0.2, 0.25) is 0 Å². The number of aromatic nitrogens is 4. The summed E-state index contributed by atoms with van der Waals surface area (Å²) in [5.41, 5.74) is 12.3. The van der Waals surface area contributed by atoms with Crippen molar-refractivity contribution in [1.29, 1.82) is 0 Å². The van der Waals surface area contributed by atoms with Gasteiger partial charge in [-0.25, -0.2) is 19.8 Å². The second-order valence-electron chi connectivity index (χ2n) is 7.35. The Bertz CT molecular complexity index is 887. The number of ether oxygens (including phenoxy) is 1. The van der Waals surface area contributed by atoms with Gasteiger partial charge in [0.15, 0.2) is 29.3 Å². The van der Waals surface area contributed by atoms with Gasteiger partial charge in [0, 0.05) is 6.54 Å². The smallest absolute Gasteiger partial charge is 0.385 e. The number of nitrogens with zero attached hydrogens (tertiary/aromatic N) is 4. The molecule has 2 radical (unpaired) electrons. The normalized spacial score (nSPS) is 31.2. The van der Waals surface area contributed by atoms with Crippen molar-refractivity contribution >= 4 is 38.3 Å². The zero-order chi connectivity index (χ0) is 21.3. The van der Waals surface area contributed by atoms with Crippen LogP contribution in [0.3, 0.4) is 0 Å². The summed E-state index contributed by atoms with van der Waals surface area (Å²) in [4.78, 5) is 22.7. The van der Waals surface area contributed by atoms with E-state index in [-0.39, 0.29) is 12.4 Å². The van der Waals surface area contributed by atoms with Crippen LogP contribution in [0.15, 0.2) is 6.33 Å². The van der Waals surface area contributed by atoms with Crippen LogP contribution >= 0.6 is 7.82 Å². The van der Waals surface area contributed by atoms with Crippen molar-refractivity contribution in [3.05, 3.63) is 6.33 Å². The molecule has 2 saturated heterocycles. The lowest BCUT2D eigenvalue weighted by Crippen LogP contribution is -2.40. The van der Waals surface area contributed by atoms with E-state index in [0.29, 0.717) is 30.2 Å². The molecule has 0 aliphatic carbocycles. The Morgan fingerprint density at radius 2 is 2.10 bits per heavy atom. The molecule has 30 heavy (non-hydrogen) atoms. The minimum Gasteiger partial charge on any atom is -0.385 e. The molecule has 14 heteroatoms. The first kappa shape index (κ1) is 21.6. The van der Waals surface area contributed by atoms with Gasteiger partial charge in [-0.05, 0) is 19.4 Å². The van der Waals surface area contributed by atoms with Gasteiger partial charge in [-0.2, -0.15) is 9.05 Å². The lowest BCUT2D eigenvalue weighted by atomic mass is 10.1. The maximum atomic E-state index is 10.9. The molecule has 0 aromatic carbocycles. The molecule has 4 rings (SSSR count). The van der Waals surface area contributed by atoms with Crippen LogP contribution in [0.1, 0.15) is 31.9 Å². The van der Waals surface area contributed by atoms with Gasteiger partial charge in [0.2, 0.25) is 5.95 Å². The average Bonchev–Trinajstić information content (AvgIpc) is 3.22. The van der Waals surface area contributed by atoms with E-state index in [1.165, 1.54) is 6.33 Å². The second-order valence-corrected chi connectivity index (χ2v) is 8.95. The summed E-state index contributed by atoms with van der Waals surface area (Å²) >= 11 is 0. The molecular formula is C16H26BN7O5P+. The highest BCUT2D eigenvalue weighted by Gasteiger charge is 2.57. The number of nitrogens with two attached hydrogens (primary N) is 2. The van der Waals surface area contributed by atoms with E-state index in [1.807, 2.05) is 0 Å². The van der Waals surface area contributed by atoms with Gasteiger partial charge < -0.3 is 26.6 Å². The molecule has 2 aromatic heterocycles. The molecule has 2 aliphatic rings. The largest absolute Gasteiger partial charge is 0.488 e. The molecule has 2 fully saturated rings. The SMILES string of the molecule is [B][P+]1(O)OC[C@H]2O[C@@H](n3c(NCCCCCCN)nc4c(N)ncnc43)[C@H](O)[C@@H]2O1. The van der Waals surface area contributed by atoms with E-state index in [2.05, 4.69) is 20.3 Å². The number of aliphatic hydroxyl groups excluding tert-OH is 1. The first-order valence-corrected chi connectivity index (χ1v) is 11.5. The summed E-state index contributed by atoms with van der Waals surface area (Å²) in [5, 5.41) is 14.2. The number of hydrogen-bond donors (Lipinski definition) is 5. The van der Waals surface area contributed by atoms with Crippen LogP contribution in [0.5, 0.6) is 0 Å². The maximum Gasteiger partial charge on any atom is 0.488 e. The van der Waals surface area contributed by atoms with Gasteiger partial charge in [0.1, 0.15) is 25.1 Å². The van der Waals surface area contributed by atoms with Gasteiger partial charge in [0.05, 0.1) is 0 Å². The van der Waals surface area contributed by atoms with Crippen molar-refractivity contribution in [2.45, 2.75) is 50.2 Å². The summed E-state index contributed by atoms with van der Waals surface area (Å²) in [7, 11) is 2.11. The number of rotatable bonds is 8. The third kappa shape index (κ3) is 4.24. The Morgan fingerprint density at radius 3 is 2.90 bits per heavy atom. The molecule has 0 bridgehead atoms. The molecular weight excluding hydrogens is 412 g/mol. The standard InChI is InChI=1S/C16H26BN7O5P/c17-30(26)27-7-9-12(29-30)11(25)15(28-9)24-14-10(13(19)21-8-22-14)23-16(24)20-6-4-2-1-3-5-18/h8-9,11-12,15,25-26H,1-7,18H2,(H,20,23)(H2,19,21,22)/q+1/t9-,11-,12-,15-,30?/m1/s1. The van der Waals surface area contributed by atoms with Crippen LogP contribution in [0, 0.1) is 0 Å². The molecule has 0 spiro atoms. The summed E-state index contributed by atoms with van der Waals surface area (Å²) < 4.78 is 18.1. The number of anilines is 2. The minimum atomic E-state index is -3.48. The zero-order valence-corrected chi connectivity index (χ0v) is 17.3. The Kier molecular flexibility index (Phi) is 6.40. The first-order chi connectivity index (χ1) is 14.4. The Morgan fingerprint density at radius 1 is 1.30 bits per heavy atom. The van der Waals surface area contributed by atoms with Gasteiger partial charge in [-0.3, -0.25) is 4.57 Å². The number of aliphatic hydroxyl groups is 1. The molecule has 4 heterocycles. The van der Waals surface area contributed by atoms with Crippen LogP contribution in [-0.4, -0.2) is 75.1 Å². The van der Waals surface area contributed by atoms with Crippen LogP contribution < -0.4 is 16.8 Å². The van der Waals surface area contributed by atoms with Crippen LogP contribution in [0.4, 0.5) is 11.8 Å². The van der Waals surface area contributed by atoms with Crippen LogP contribution in [-0.2, 0) is 13.8 Å². The van der Waals surface area contributed by atoms with Gasteiger partial charge >= 0.3 is 15.4 Å². The first-order valence-electron chi connectivity index (χ1n) is 9.90. The number of nitrogens with one attached hydrogen (secondary N) is 1. The number of imidazole rings is 1. The van der Waals surface area contributed by atoms with E-state index in [1.54, 1.807) is 4.57 Å². The minimum absolute atomic E-state index is 0.00661. The zero-order valence-electron chi connectivity index (χ0n) is 16.4. The van der Waals surface area contributed by atoms with Gasteiger partial charge in [-0.1, -0.05) is 12.8 Å². The van der Waals surface area contributed by atoms with E-state index >= 15 is 0 Å². The number of unbranched alkanes of at least 4 members (excludes halogenated alkanes) is 3. The van der Waals surface area contributed by atoms with E-state index in [0.717, 1.165) is 25.7 Å². The second kappa shape index (κ2) is 8.87. The number of nitrogen functional groups attached to an aromatic ring is 1. The highest BCUT2D eigenvalue weighted by atomic mass is 31.2. The van der Waals surface area contributed by atoms with Crippen LogP contribution in [0.25, 0.3) is 11.2 Å². The molecule has 0 amide bonds. The lowest BCUT2D eigenvalue weighted by Gasteiger charge is -2.27. The Hall–Kier alpha value is -1.60. The van der Waals surface area contributed by atoms with Crippen molar-refractivity contribution in [3.63, 3.8) is 0 Å². The maximum absolute atomic E-state index is 10.9. The molecule has 5 atom stereocenters. The Balaban J connectivity index is 1.58. The number of hydrogen-bond acceptors (Lipinski definition) is 11. The van der Waals surface area contributed by atoms with E-state index in [4.69, 9.17) is 32.8 Å². The lowest BCUT2D eigenvalue weighted by molar-refractivity contribution is -0.0597. The molecule has 2 aromatic rings. The molecule has 1 unspecified atom stereocenters. The third-order valence-electron chi connectivity index (χ3n) is 5.18. The fourth-order valence-electron chi connectivity index (χ4n) is 3.70. The van der Waals surface area contributed by atoms with Crippen molar-refractivity contribution in [1.82, 2.24) is 19.5 Å². The predicted octanol–water partition coefficient (Wildman–Crippen LogP) is -0.148. The Labute approximate surface area is 175 Å². The predicted molar refractivity (Wildman–Crippen MR) is 111 cm³/mol. The van der Waals surface area contributed by atoms with Gasteiger partial charge in [0.25, 0.3) is 0 Å². The summed E-state index contributed by atoms with van der Waals surface area (Å²) in [6, 6.07) is 0. The molecule has 162 valence electrons. The fourth-order valence-corrected chi connectivity index (χ4v) is 4.73. The quantitative estimate of drug-likeness (QED) is 0.211. The molecule has 0 saturated carbocycles. The van der Waals surface area contributed by atoms with Crippen molar-refractivity contribution in [3.8, 4) is 0 Å². The molecule has 12 nitrogen and oxygen atoms in total. The highest BCUT2D eigenvalue weighted by Crippen LogP contribution is 2.58. The van der Waals surface area contributed by atoms with E-state index < -0.39 is 32.4 Å². The summed E-state index contributed by atoms with van der Waals surface area (Å²) in [6.45, 7) is 1.35. The molecule has 7 N–H and O–H groups in total. The average molecular weight is 438 g/mol. The summed E-state index contributed by atoms with van der Waals surface area (Å²) in [6.07, 6.45) is 1.87. The van der Waals surface area contributed by atoms with Crippen molar-refractivity contribution < 1.29 is 23.8 Å². The van der Waals surface area contributed by atoms with Crippen molar-refractivity contribution in [2.24, 2.45) is 5.73 Å². The highest BCUT2D eigenvalue weighted by molar-refractivity contribution is 7.85. The fraction of sp³-hybridized carbons (Fsp3) is 0.688. The third-order valence-corrected chi connectivity index (χ3v) is 6.24. The van der Waals surface area contributed by atoms with Crippen molar-refractivity contribution in [2.75, 3.05) is 30.7 Å². The topological polar surface area (TPSA) is 176 Å². The molecule has 2 aliphatic heterocycles. The monoisotopic (exact) mass is 438 g/mol.